The average Bonchev–Trinajstić information content (AvgIpc) is 2.65. The number of anilines is 1. The van der Waals surface area contributed by atoms with Gasteiger partial charge in [0.15, 0.2) is 0 Å². The second kappa shape index (κ2) is 8.30. The topological polar surface area (TPSA) is 23.6 Å². The molecule has 1 aliphatic rings. The number of hydrogen-bond donors (Lipinski definition) is 0. The highest BCUT2D eigenvalue weighted by atomic mass is 16.2. The smallest absolute Gasteiger partial charge is 0.224 e. The fourth-order valence-corrected chi connectivity index (χ4v) is 3.87. The van der Waals surface area contributed by atoms with Crippen LogP contribution < -0.4 is 4.90 Å². The molecule has 1 aliphatic heterocycles. The maximum absolute atomic E-state index is 12.2. The molecule has 1 saturated heterocycles. The zero-order valence-electron chi connectivity index (χ0n) is 15.3. The first kappa shape index (κ1) is 17.7. The lowest BCUT2D eigenvalue weighted by molar-refractivity contribution is -0.117. The largest absolute Gasteiger partial charge is 0.310 e. The van der Waals surface area contributed by atoms with Crippen molar-refractivity contribution in [1.29, 1.82) is 0 Å². The molecule has 1 atom stereocenters. The Morgan fingerprint density at radius 2 is 1.60 bits per heavy atom. The summed E-state index contributed by atoms with van der Waals surface area (Å²) in [7, 11) is 0. The molecule has 1 heterocycles. The molecule has 2 aromatic carbocycles. The van der Waals surface area contributed by atoms with E-state index in [9.17, 15) is 4.79 Å². The fourth-order valence-electron chi connectivity index (χ4n) is 3.87. The molecule has 0 aromatic heterocycles. The van der Waals surface area contributed by atoms with E-state index >= 15 is 0 Å². The number of benzene rings is 2. The molecule has 0 saturated carbocycles. The lowest BCUT2D eigenvalue weighted by Gasteiger charge is -2.39. The third-order valence-corrected chi connectivity index (χ3v) is 5.20. The SMILES string of the molecule is CC(=O)N(c1ccccc1)C1CCN(CC(C)c2ccccc2)CC1. The molecule has 0 bridgehead atoms. The molecule has 3 heteroatoms. The van der Waals surface area contributed by atoms with Gasteiger partial charge in [0, 0.05) is 38.3 Å². The van der Waals surface area contributed by atoms with Crippen molar-refractivity contribution >= 4 is 11.6 Å². The van der Waals surface area contributed by atoms with Crippen molar-refractivity contribution in [3.8, 4) is 0 Å². The number of piperidine rings is 1. The Morgan fingerprint density at radius 3 is 2.16 bits per heavy atom. The Labute approximate surface area is 151 Å². The Hall–Kier alpha value is -2.13. The van der Waals surface area contributed by atoms with Crippen LogP contribution in [0.15, 0.2) is 60.7 Å². The summed E-state index contributed by atoms with van der Waals surface area (Å²) >= 11 is 0. The van der Waals surface area contributed by atoms with Gasteiger partial charge in [0.1, 0.15) is 0 Å². The Kier molecular flexibility index (Phi) is 5.87. The van der Waals surface area contributed by atoms with Crippen LogP contribution in [-0.4, -0.2) is 36.5 Å². The zero-order valence-corrected chi connectivity index (χ0v) is 15.3. The predicted octanol–water partition coefficient (Wildman–Crippen LogP) is 4.31. The van der Waals surface area contributed by atoms with Crippen molar-refractivity contribution in [1.82, 2.24) is 4.90 Å². The van der Waals surface area contributed by atoms with E-state index in [0.717, 1.165) is 38.2 Å². The molecule has 1 unspecified atom stereocenters. The molecule has 25 heavy (non-hydrogen) atoms. The molecule has 3 rings (SSSR count). The second-order valence-corrected chi connectivity index (χ2v) is 7.07. The number of carbonyl (C=O) groups excluding carboxylic acids is 1. The van der Waals surface area contributed by atoms with E-state index in [1.165, 1.54) is 5.56 Å². The summed E-state index contributed by atoms with van der Waals surface area (Å²) in [6.45, 7) is 7.17. The van der Waals surface area contributed by atoms with Crippen molar-refractivity contribution in [3.05, 3.63) is 66.2 Å². The second-order valence-electron chi connectivity index (χ2n) is 7.07. The maximum Gasteiger partial charge on any atom is 0.224 e. The molecule has 1 amide bonds. The monoisotopic (exact) mass is 336 g/mol. The van der Waals surface area contributed by atoms with Crippen molar-refractivity contribution in [2.45, 2.75) is 38.6 Å². The van der Waals surface area contributed by atoms with E-state index < -0.39 is 0 Å². The third-order valence-electron chi connectivity index (χ3n) is 5.20. The van der Waals surface area contributed by atoms with Gasteiger partial charge in [-0.25, -0.2) is 0 Å². The molecule has 1 fully saturated rings. The quantitative estimate of drug-likeness (QED) is 0.812. The summed E-state index contributed by atoms with van der Waals surface area (Å²) < 4.78 is 0. The van der Waals surface area contributed by atoms with Crippen LogP contribution >= 0.6 is 0 Å². The first-order valence-electron chi connectivity index (χ1n) is 9.27. The van der Waals surface area contributed by atoms with Gasteiger partial charge in [0.05, 0.1) is 0 Å². The lowest BCUT2D eigenvalue weighted by atomic mass is 9.97. The molecule has 0 N–H and O–H groups in total. The van der Waals surface area contributed by atoms with Crippen LogP contribution in [0.2, 0.25) is 0 Å². The highest BCUT2D eigenvalue weighted by Gasteiger charge is 2.27. The lowest BCUT2D eigenvalue weighted by Crippen LogP contribution is -2.47. The average molecular weight is 336 g/mol. The van der Waals surface area contributed by atoms with Gasteiger partial charge in [-0.05, 0) is 36.5 Å². The van der Waals surface area contributed by atoms with E-state index in [4.69, 9.17) is 0 Å². The molecule has 0 spiro atoms. The van der Waals surface area contributed by atoms with Crippen molar-refractivity contribution in [2.24, 2.45) is 0 Å². The van der Waals surface area contributed by atoms with E-state index in [2.05, 4.69) is 42.2 Å². The van der Waals surface area contributed by atoms with E-state index in [1.54, 1.807) is 6.92 Å². The predicted molar refractivity (Wildman–Crippen MR) is 104 cm³/mol. The maximum atomic E-state index is 12.2. The van der Waals surface area contributed by atoms with Crippen LogP contribution in [0.4, 0.5) is 5.69 Å². The molecular weight excluding hydrogens is 308 g/mol. The summed E-state index contributed by atoms with van der Waals surface area (Å²) in [5.74, 6) is 0.679. The molecule has 132 valence electrons. The van der Waals surface area contributed by atoms with Crippen molar-refractivity contribution in [3.63, 3.8) is 0 Å². The Balaban J connectivity index is 1.58. The van der Waals surface area contributed by atoms with Crippen LogP contribution in [0.3, 0.4) is 0 Å². The molecule has 3 nitrogen and oxygen atoms in total. The van der Waals surface area contributed by atoms with Crippen molar-refractivity contribution < 1.29 is 4.79 Å². The van der Waals surface area contributed by atoms with Crippen LogP contribution in [0.1, 0.15) is 38.2 Å². The van der Waals surface area contributed by atoms with Gasteiger partial charge in [-0.15, -0.1) is 0 Å². The van der Waals surface area contributed by atoms with Gasteiger partial charge >= 0.3 is 0 Å². The number of amides is 1. The number of nitrogens with zero attached hydrogens (tertiary/aromatic N) is 2. The fraction of sp³-hybridized carbons (Fsp3) is 0.409. The van der Waals surface area contributed by atoms with E-state index in [-0.39, 0.29) is 5.91 Å². The van der Waals surface area contributed by atoms with Crippen LogP contribution in [-0.2, 0) is 4.79 Å². The van der Waals surface area contributed by atoms with Crippen molar-refractivity contribution in [2.75, 3.05) is 24.5 Å². The van der Waals surface area contributed by atoms with Crippen LogP contribution in [0.5, 0.6) is 0 Å². The summed E-state index contributed by atoms with van der Waals surface area (Å²) in [4.78, 5) is 16.7. The van der Waals surface area contributed by atoms with Gasteiger partial charge < -0.3 is 9.80 Å². The number of para-hydroxylation sites is 1. The minimum Gasteiger partial charge on any atom is -0.310 e. The number of carbonyl (C=O) groups is 1. The van der Waals surface area contributed by atoms with Gasteiger partial charge in [-0.2, -0.15) is 0 Å². The van der Waals surface area contributed by atoms with Gasteiger partial charge in [0.25, 0.3) is 0 Å². The summed E-state index contributed by atoms with van der Waals surface area (Å²) in [5.41, 5.74) is 2.42. The van der Waals surface area contributed by atoms with Crippen LogP contribution in [0.25, 0.3) is 0 Å². The summed E-state index contributed by atoms with van der Waals surface area (Å²) in [6, 6.07) is 21.1. The highest BCUT2D eigenvalue weighted by molar-refractivity contribution is 5.92. The minimum absolute atomic E-state index is 0.141. The number of hydrogen-bond acceptors (Lipinski definition) is 2. The standard InChI is InChI=1S/C22H28N2O/c1-18(20-9-5-3-6-10-20)17-23-15-13-22(14-16-23)24(19(2)25)21-11-7-4-8-12-21/h3-12,18,22H,13-17H2,1-2H3. The van der Waals surface area contributed by atoms with Gasteiger partial charge in [0.2, 0.25) is 5.91 Å². The van der Waals surface area contributed by atoms with E-state index in [0.29, 0.717) is 12.0 Å². The number of rotatable bonds is 5. The van der Waals surface area contributed by atoms with Crippen LogP contribution in [0, 0.1) is 0 Å². The summed E-state index contributed by atoms with van der Waals surface area (Å²) in [5, 5.41) is 0. The molecule has 2 aromatic rings. The normalized spacial score (nSPS) is 17.2. The zero-order chi connectivity index (χ0) is 17.6. The first-order chi connectivity index (χ1) is 12.1. The molecule has 0 aliphatic carbocycles. The molecular formula is C22H28N2O. The summed E-state index contributed by atoms with van der Waals surface area (Å²) in [6.07, 6.45) is 2.08. The highest BCUT2D eigenvalue weighted by Crippen LogP contribution is 2.25. The van der Waals surface area contributed by atoms with E-state index in [1.807, 2.05) is 35.2 Å². The number of likely N-dealkylation sites (tertiary alicyclic amines) is 1. The third kappa shape index (κ3) is 4.49. The Bertz CT molecular complexity index is 663. The first-order valence-corrected chi connectivity index (χ1v) is 9.27. The Morgan fingerprint density at radius 1 is 1.04 bits per heavy atom. The van der Waals surface area contributed by atoms with Gasteiger partial charge in [-0.1, -0.05) is 55.5 Å². The minimum atomic E-state index is 0.141. The molecule has 0 radical (unpaired) electrons. The van der Waals surface area contributed by atoms with Gasteiger partial charge in [-0.3, -0.25) is 4.79 Å².